The Balaban J connectivity index is 1.54. The quantitative estimate of drug-likeness (QED) is 0.244. The molecule has 0 spiro atoms. The Kier molecular flexibility index (Phi) is 3.42. The van der Waals surface area contributed by atoms with Gasteiger partial charge in [-0.2, -0.15) is 0 Å². The van der Waals surface area contributed by atoms with Gasteiger partial charge in [-0.1, -0.05) is 60.7 Å². The van der Waals surface area contributed by atoms with E-state index in [-0.39, 0.29) is 0 Å². The van der Waals surface area contributed by atoms with Gasteiger partial charge < -0.3 is 0 Å². The Morgan fingerprint density at radius 2 is 1.21 bits per heavy atom. The van der Waals surface area contributed by atoms with Gasteiger partial charge in [-0.05, 0) is 85.4 Å². The maximum absolute atomic E-state index is 4.77. The van der Waals surface area contributed by atoms with E-state index in [0.29, 0.717) is 0 Å². The van der Waals surface area contributed by atoms with Crippen LogP contribution in [-0.2, 0) is 0 Å². The molecule has 0 saturated heterocycles. The average molecular weight is 431 g/mol. The van der Waals surface area contributed by atoms with Crippen LogP contribution in [0.3, 0.4) is 0 Å². The van der Waals surface area contributed by atoms with Crippen molar-refractivity contribution in [2.75, 3.05) is 0 Å². The van der Waals surface area contributed by atoms with Crippen molar-refractivity contribution in [3.8, 4) is 33.5 Å². The molecule has 0 atom stereocenters. The first kappa shape index (κ1) is 17.9. The summed E-state index contributed by atoms with van der Waals surface area (Å²) in [6.45, 7) is 0. The topological polar surface area (TPSA) is 25.8 Å². The van der Waals surface area contributed by atoms with Gasteiger partial charge in [-0.15, -0.1) is 0 Å². The summed E-state index contributed by atoms with van der Waals surface area (Å²) in [7, 11) is 0. The van der Waals surface area contributed by atoms with Crippen LogP contribution >= 0.6 is 0 Å². The van der Waals surface area contributed by atoms with Gasteiger partial charge in [0.2, 0.25) is 0 Å². The van der Waals surface area contributed by atoms with E-state index in [1.165, 1.54) is 60.1 Å². The van der Waals surface area contributed by atoms with E-state index in [0.717, 1.165) is 16.6 Å². The highest BCUT2D eigenvalue weighted by Gasteiger charge is 2.24. The van der Waals surface area contributed by atoms with Gasteiger partial charge in [0.05, 0.1) is 11.2 Å². The number of nitrogens with zero attached hydrogens (tertiary/aromatic N) is 2. The van der Waals surface area contributed by atoms with E-state index < -0.39 is 0 Å². The Hall–Kier alpha value is -4.56. The summed E-state index contributed by atoms with van der Waals surface area (Å²) >= 11 is 0. The van der Waals surface area contributed by atoms with Crippen molar-refractivity contribution in [2.24, 2.45) is 0 Å². The van der Waals surface area contributed by atoms with Gasteiger partial charge in [0.15, 0.2) is 0 Å². The normalized spacial score (nSPS) is 12.1. The second-order valence-corrected chi connectivity index (χ2v) is 9.03. The van der Waals surface area contributed by atoms with Gasteiger partial charge in [-0.3, -0.25) is 9.97 Å². The molecule has 2 nitrogen and oxygen atoms in total. The molecule has 0 N–H and O–H groups in total. The number of benzene rings is 5. The van der Waals surface area contributed by atoms with Gasteiger partial charge in [0, 0.05) is 28.9 Å². The van der Waals surface area contributed by atoms with Crippen molar-refractivity contribution in [1.82, 2.24) is 9.97 Å². The predicted octanol–water partition coefficient (Wildman–Crippen LogP) is 8.40. The van der Waals surface area contributed by atoms with E-state index in [1.54, 1.807) is 0 Å². The molecule has 1 aliphatic rings. The first-order chi connectivity index (χ1) is 16.9. The molecule has 8 rings (SSSR count). The van der Waals surface area contributed by atoms with Crippen LogP contribution in [0.1, 0.15) is 0 Å². The Morgan fingerprint density at radius 1 is 0.441 bits per heavy atom. The van der Waals surface area contributed by atoms with E-state index in [1.807, 2.05) is 24.5 Å². The molecular weight excluding hydrogens is 412 g/mol. The Morgan fingerprint density at radius 3 is 2.18 bits per heavy atom. The molecule has 2 heteroatoms. The lowest BCUT2D eigenvalue weighted by Crippen LogP contribution is -1.88. The van der Waals surface area contributed by atoms with Crippen molar-refractivity contribution in [3.63, 3.8) is 0 Å². The van der Waals surface area contributed by atoms with Crippen LogP contribution in [0, 0.1) is 0 Å². The monoisotopic (exact) mass is 430 g/mol. The first-order valence-electron chi connectivity index (χ1n) is 11.6. The zero-order valence-electron chi connectivity index (χ0n) is 18.3. The summed E-state index contributed by atoms with van der Waals surface area (Å²) in [5.41, 5.74) is 8.32. The van der Waals surface area contributed by atoms with Crippen LogP contribution in [0.25, 0.3) is 76.7 Å². The minimum Gasteiger partial charge on any atom is -0.256 e. The molecule has 0 radical (unpaired) electrons. The molecular formula is C32H18N2. The molecule has 5 aromatic carbocycles. The molecule has 0 saturated carbocycles. The summed E-state index contributed by atoms with van der Waals surface area (Å²) in [5, 5.41) is 8.86. The van der Waals surface area contributed by atoms with Gasteiger partial charge in [0.25, 0.3) is 0 Å². The number of hydrogen-bond donors (Lipinski definition) is 0. The lowest BCUT2D eigenvalue weighted by atomic mass is 9.89. The molecule has 0 aliphatic heterocycles. The number of hydrogen-bond acceptors (Lipinski definition) is 2. The van der Waals surface area contributed by atoms with Gasteiger partial charge in [-0.25, -0.2) is 0 Å². The third kappa shape index (κ3) is 2.29. The Bertz CT molecular complexity index is 1970. The largest absolute Gasteiger partial charge is 0.256 e. The number of aromatic nitrogens is 2. The molecule has 0 unspecified atom stereocenters. The SMILES string of the molecule is c1cnc2c(c1)-c1cccc3c1c-2cc1c2ccccc2c(-c2ccc4ncccc4c2)cc31. The number of fused-ring (bicyclic) bond motifs is 8. The summed E-state index contributed by atoms with van der Waals surface area (Å²) in [5.74, 6) is 0. The van der Waals surface area contributed by atoms with Crippen molar-refractivity contribution in [1.29, 1.82) is 0 Å². The summed E-state index contributed by atoms with van der Waals surface area (Å²) < 4.78 is 0. The van der Waals surface area contributed by atoms with E-state index >= 15 is 0 Å². The van der Waals surface area contributed by atoms with E-state index in [2.05, 4.69) is 89.9 Å². The fourth-order valence-electron chi connectivity index (χ4n) is 5.79. The molecule has 7 aromatic rings. The minimum absolute atomic E-state index is 1.02. The number of rotatable bonds is 1. The zero-order valence-corrected chi connectivity index (χ0v) is 18.3. The van der Waals surface area contributed by atoms with Crippen molar-refractivity contribution >= 4 is 43.2 Å². The van der Waals surface area contributed by atoms with Crippen LogP contribution in [0.15, 0.2) is 109 Å². The predicted molar refractivity (Wildman–Crippen MR) is 142 cm³/mol. The molecule has 0 bridgehead atoms. The fourth-order valence-corrected chi connectivity index (χ4v) is 5.79. The maximum atomic E-state index is 4.77. The zero-order chi connectivity index (χ0) is 22.2. The summed E-state index contributed by atoms with van der Waals surface area (Å²) in [4.78, 5) is 9.28. The van der Waals surface area contributed by atoms with Crippen LogP contribution < -0.4 is 0 Å². The maximum Gasteiger partial charge on any atom is 0.0787 e. The molecule has 156 valence electrons. The standard InChI is InChI=1S/C32H18N2/c1-2-8-22-21(7-1)26(19-12-13-30-20(16-19)6-4-14-33-30)17-28-24-10-3-9-23-25-11-5-15-34-32(25)29(31(23)24)18-27(22)28/h1-18H. The Labute approximate surface area is 196 Å². The second-order valence-electron chi connectivity index (χ2n) is 9.03. The van der Waals surface area contributed by atoms with E-state index in [9.17, 15) is 0 Å². The minimum atomic E-state index is 1.02. The fraction of sp³-hybridized carbons (Fsp3) is 0. The summed E-state index contributed by atoms with van der Waals surface area (Å²) in [6.07, 6.45) is 3.75. The molecule has 0 amide bonds. The lowest BCUT2D eigenvalue weighted by molar-refractivity contribution is 1.35. The average Bonchev–Trinajstić information content (AvgIpc) is 3.23. The molecule has 34 heavy (non-hydrogen) atoms. The van der Waals surface area contributed by atoms with Crippen LogP contribution in [-0.4, -0.2) is 9.97 Å². The highest BCUT2D eigenvalue weighted by molar-refractivity contribution is 6.28. The molecule has 2 aromatic heterocycles. The third-order valence-corrected chi connectivity index (χ3v) is 7.27. The highest BCUT2D eigenvalue weighted by Crippen LogP contribution is 2.50. The van der Waals surface area contributed by atoms with Crippen molar-refractivity contribution in [2.45, 2.75) is 0 Å². The van der Waals surface area contributed by atoms with Gasteiger partial charge >= 0.3 is 0 Å². The van der Waals surface area contributed by atoms with Gasteiger partial charge in [0.1, 0.15) is 0 Å². The van der Waals surface area contributed by atoms with E-state index in [4.69, 9.17) is 4.98 Å². The smallest absolute Gasteiger partial charge is 0.0787 e. The first-order valence-corrected chi connectivity index (χ1v) is 11.6. The lowest BCUT2D eigenvalue weighted by Gasteiger charge is -2.14. The number of pyridine rings is 2. The van der Waals surface area contributed by atoms with Crippen molar-refractivity contribution in [3.05, 3.63) is 109 Å². The molecule has 1 aliphatic carbocycles. The molecule has 0 fully saturated rings. The third-order valence-electron chi connectivity index (χ3n) is 7.27. The molecule has 2 heterocycles. The van der Waals surface area contributed by atoms with Crippen LogP contribution in [0.5, 0.6) is 0 Å². The summed E-state index contributed by atoms with van der Waals surface area (Å²) in [6, 6.07) is 35.1. The van der Waals surface area contributed by atoms with Crippen LogP contribution in [0.4, 0.5) is 0 Å². The highest BCUT2D eigenvalue weighted by atomic mass is 14.7. The van der Waals surface area contributed by atoms with Crippen LogP contribution in [0.2, 0.25) is 0 Å². The second kappa shape index (κ2) is 6.49. The van der Waals surface area contributed by atoms with Crippen molar-refractivity contribution < 1.29 is 0 Å².